The van der Waals surface area contributed by atoms with E-state index in [0.717, 1.165) is 38.4 Å². The van der Waals surface area contributed by atoms with Crippen LogP contribution in [0.1, 0.15) is 22.4 Å². The topological polar surface area (TPSA) is 34.9 Å². The van der Waals surface area contributed by atoms with Crippen LogP contribution < -0.4 is 5.56 Å². The zero-order valence-electron chi connectivity index (χ0n) is 12.6. The Morgan fingerprint density at radius 1 is 1.39 bits per heavy atom. The molecule has 118 valence electrons. The average molecular weight is 407 g/mol. The SMILES string of the molecule is Cn1c(SCc2cccc(Br)c2)nc2sc3c(c2c1=O)CCC3. The monoisotopic (exact) mass is 406 g/mol. The molecule has 2 aromatic heterocycles. The molecule has 0 atom stereocenters. The summed E-state index contributed by atoms with van der Waals surface area (Å²) in [4.78, 5) is 19.8. The summed E-state index contributed by atoms with van der Waals surface area (Å²) in [5.74, 6) is 0.802. The van der Waals surface area contributed by atoms with Crippen LogP contribution in [0.2, 0.25) is 0 Å². The van der Waals surface area contributed by atoms with E-state index in [1.54, 1.807) is 27.7 Å². The highest BCUT2D eigenvalue weighted by molar-refractivity contribution is 9.10. The van der Waals surface area contributed by atoms with Crippen LogP contribution in [0.15, 0.2) is 38.7 Å². The van der Waals surface area contributed by atoms with Gasteiger partial charge in [0.25, 0.3) is 5.56 Å². The van der Waals surface area contributed by atoms with Crippen molar-refractivity contribution in [2.45, 2.75) is 30.2 Å². The van der Waals surface area contributed by atoms with Crippen molar-refractivity contribution < 1.29 is 0 Å². The summed E-state index contributed by atoms with van der Waals surface area (Å²) in [5.41, 5.74) is 2.57. The van der Waals surface area contributed by atoms with Crippen LogP contribution in [-0.2, 0) is 25.6 Å². The molecular weight excluding hydrogens is 392 g/mol. The zero-order valence-corrected chi connectivity index (χ0v) is 15.9. The maximum atomic E-state index is 12.7. The summed E-state index contributed by atoms with van der Waals surface area (Å²) >= 11 is 6.81. The fourth-order valence-electron chi connectivity index (χ4n) is 3.01. The van der Waals surface area contributed by atoms with Crippen LogP contribution in [0.25, 0.3) is 10.2 Å². The fourth-order valence-corrected chi connectivity index (χ4v) is 5.67. The number of fused-ring (bicyclic) bond motifs is 3. The standard InChI is InChI=1S/C17H15BrN2OS2/c1-20-16(21)14-12-6-3-7-13(12)23-15(14)19-17(20)22-9-10-4-2-5-11(18)8-10/h2,4-5,8H,3,6-7,9H2,1H3. The number of rotatable bonds is 3. The number of thiophene rings is 1. The second kappa shape index (κ2) is 6.07. The molecule has 6 heteroatoms. The smallest absolute Gasteiger partial charge is 0.262 e. The van der Waals surface area contributed by atoms with E-state index in [9.17, 15) is 4.79 Å². The van der Waals surface area contributed by atoms with E-state index in [2.05, 4.69) is 28.1 Å². The summed E-state index contributed by atoms with van der Waals surface area (Å²) < 4.78 is 2.78. The van der Waals surface area contributed by atoms with Crippen molar-refractivity contribution in [3.63, 3.8) is 0 Å². The molecule has 3 aromatic rings. The van der Waals surface area contributed by atoms with Gasteiger partial charge in [0.05, 0.1) is 5.39 Å². The third kappa shape index (κ3) is 2.77. The normalized spacial score (nSPS) is 13.7. The minimum Gasteiger partial charge on any atom is -0.290 e. The van der Waals surface area contributed by atoms with Gasteiger partial charge in [0.2, 0.25) is 0 Å². The summed E-state index contributed by atoms with van der Waals surface area (Å²) in [6.07, 6.45) is 3.29. The summed E-state index contributed by atoms with van der Waals surface area (Å²) in [7, 11) is 1.83. The Balaban J connectivity index is 1.71. The first-order valence-electron chi connectivity index (χ1n) is 7.52. The first-order valence-corrected chi connectivity index (χ1v) is 10.1. The first kappa shape index (κ1) is 15.4. The van der Waals surface area contributed by atoms with Crippen LogP contribution in [0, 0.1) is 0 Å². The van der Waals surface area contributed by atoms with Crippen molar-refractivity contribution in [1.82, 2.24) is 9.55 Å². The highest BCUT2D eigenvalue weighted by Gasteiger charge is 2.22. The van der Waals surface area contributed by atoms with Crippen LogP contribution in [-0.4, -0.2) is 9.55 Å². The molecular formula is C17H15BrN2OS2. The molecule has 4 rings (SSSR count). The number of hydrogen-bond donors (Lipinski definition) is 0. The number of thioether (sulfide) groups is 1. The lowest BCUT2D eigenvalue weighted by atomic mass is 10.2. The molecule has 0 N–H and O–H groups in total. The largest absolute Gasteiger partial charge is 0.290 e. The summed E-state index contributed by atoms with van der Waals surface area (Å²) in [5, 5.41) is 1.65. The third-order valence-electron chi connectivity index (χ3n) is 4.16. The Kier molecular flexibility index (Phi) is 4.07. The molecule has 2 heterocycles. The summed E-state index contributed by atoms with van der Waals surface area (Å²) in [6, 6.07) is 8.23. The molecule has 0 saturated heterocycles. The molecule has 0 radical (unpaired) electrons. The van der Waals surface area contributed by atoms with Gasteiger partial charge in [-0.2, -0.15) is 0 Å². The van der Waals surface area contributed by atoms with Crippen molar-refractivity contribution in [3.05, 3.63) is 55.1 Å². The average Bonchev–Trinajstić information content (AvgIpc) is 3.10. The summed E-state index contributed by atoms with van der Waals surface area (Å²) in [6.45, 7) is 0. The number of benzene rings is 1. The van der Waals surface area contributed by atoms with Gasteiger partial charge in [-0.3, -0.25) is 9.36 Å². The predicted octanol–water partition coefficient (Wildman–Crippen LogP) is 4.54. The molecule has 0 fully saturated rings. The minimum absolute atomic E-state index is 0.103. The van der Waals surface area contributed by atoms with Crippen LogP contribution in [0.5, 0.6) is 0 Å². The van der Waals surface area contributed by atoms with E-state index in [1.165, 1.54) is 22.4 Å². The van der Waals surface area contributed by atoms with E-state index in [-0.39, 0.29) is 5.56 Å². The Hall–Kier alpha value is -1.11. The maximum absolute atomic E-state index is 12.7. The number of aryl methyl sites for hydroxylation is 2. The first-order chi connectivity index (χ1) is 11.1. The molecule has 0 amide bonds. The van der Waals surface area contributed by atoms with Crippen molar-refractivity contribution in [2.24, 2.45) is 7.05 Å². The van der Waals surface area contributed by atoms with Gasteiger partial charge in [-0.15, -0.1) is 11.3 Å². The van der Waals surface area contributed by atoms with Crippen LogP contribution >= 0.6 is 39.0 Å². The van der Waals surface area contributed by atoms with Gasteiger partial charge in [0.1, 0.15) is 4.83 Å². The quantitative estimate of drug-likeness (QED) is 0.472. The Bertz CT molecular complexity index is 961. The van der Waals surface area contributed by atoms with Gasteiger partial charge < -0.3 is 0 Å². The molecule has 0 bridgehead atoms. The van der Waals surface area contributed by atoms with Gasteiger partial charge in [-0.1, -0.05) is 39.8 Å². The van der Waals surface area contributed by atoms with E-state index in [0.29, 0.717) is 0 Å². The van der Waals surface area contributed by atoms with Gasteiger partial charge in [-0.05, 0) is 42.5 Å². The lowest BCUT2D eigenvalue weighted by Crippen LogP contribution is -2.20. The molecule has 0 unspecified atom stereocenters. The predicted molar refractivity (Wildman–Crippen MR) is 101 cm³/mol. The van der Waals surface area contributed by atoms with E-state index >= 15 is 0 Å². The lowest BCUT2D eigenvalue weighted by Gasteiger charge is -2.08. The van der Waals surface area contributed by atoms with Crippen LogP contribution in [0.4, 0.5) is 0 Å². The van der Waals surface area contributed by atoms with Gasteiger partial charge in [0, 0.05) is 22.2 Å². The fraction of sp³-hybridized carbons (Fsp3) is 0.294. The molecule has 0 spiro atoms. The van der Waals surface area contributed by atoms with Crippen molar-refractivity contribution in [1.29, 1.82) is 0 Å². The molecule has 23 heavy (non-hydrogen) atoms. The number of nitrogens with zero attached hydrogens (tertiary/aromatic N) is 2. The van der Waals surface area contributed by atoms with Crippen molar-refractivity contribution >= 4 is 49.2 Å². The van der Waals surface area contributed by atoms with E-state index in [1.807, 2.05) is 19.2 Å². The molecule has 1 aliphatic carbocycles. The molecule has 1 aliphatic rings. The number of halogens is 1. The molecule has 1 aromatic carbocycles. The Labute approximate surface area is 150 Å². The third-order valence-corrected chi connectivity index (χ3v) is 6.94. The van der Waals surface area contributed by atoms with E-state index < -0.39 is 0 Å². The second-order valence-electron chi connectivity index (χ2n) is 5.71. The minimum atomic E-state index is 0.103. The van der Waals surface area contributed by atoms with Gasteiger partial charge in [-0.25, -0.2) is 4.98 Å². The molecule has 0 saturated carbocycles. The van der Waals surface area contributed by atoms with E-state index in [4.69, 9.17) is 4.98 Å². The molecule has 0 aliphatic heterocycles. The van der Waals surface area contributed by atoms with Gasteiger partial charge >= 0.3 is 0 Å². The van der Waals surface area contributed by atoms with Crippen LogP contribution in [0.3, 0.4) is 0 Å². The van der Waals surface area contributed by atoms with Crippen molar-refractivity contribution in [2.75, 3.05) is 0 Å². The second-order valence-corrected chi connectivity index (χ2v) is 8.66. The van der Waals surface area contributed by atoms with Crippen molar-refractivity contribution in [3.8, 4) is 0 Å². The van der Waals surface area contributed by atoms with Gasteiger partial charge in [0.15, 0.2) is 5.16 Å². The Morgan fingerprint density at radius 3 is 3.09 bits per heavy atom. The maximum Gasteiger partial charge on any atom is 0.262 e. The number of aromatic nitrogens is 2. The molecule has 3 nitrogen and oxygen atoms in total. The zero-order chi connectivity index (χ0) is 16.0. The Morgan fingerprint density at radius 2 is 2.26 bits per heavy atom. The highest BCUT2D eigenvalue weighted by atomic mass is 79.9. The lowest BCUT2D eigenvalue weighted by molar-refractivity contribution is 0.727. The highest BCUT2D eigenvalue weighted by Crippen LogP contribution is 2.35. The number of hydrogen-bond acceptors (Lipinski definition) is 4.